The van der Waals surface area contributed by atoms with Gasteiger partial charge in [0.2, 0.25) is 5.91 Å². The molecule has 0 saturated heterocycles. The van der Waals surface area contributed by atoms with Gasteiger partial charge in [-0.1, -0.05) is 40.0 Å². The van der Waals surface area contributed by atoms with Crippen LogP contribution in [-0.2, 0) is 14.3 Å². The fraction of sp³-hybridized carbons (Fsp3) is 0.895. The van der Waals surface area contributed by atoms with Crippen molar-refractivity contribution in [1.29, 1.82) is 0 Å². The molecule has 0 aliphatic heterocycles. The van der Waals surface area contributed by atoms with Crippen LogP contribution in [-0.4, -0.2) is 61.5 Å². The molecule has 0 aromatic rings. The van der Waals surface area contributed by atoms with Crippen LogP contribution in [0.25, 0.3) is 0 Å². The number of nitrogens with zero attached hydrogens (tertiary/aromatic N) is 2. The molecule has 1 aliphatic carbocycles. The van der Waals surface area contributed by atoms with E-state index in [0.29, 0.717) is 25.4 Å². The first-order valence-electron chi connectivity index (χ1n) is 9.59. The number of amides is 1. The van der Waals surface area contributed by atoms with Crippen molar-refractivity contribution in [3.8, 4) is 0 Å². The van der Waals surface area contributed by atoms with Crippen LogP contribution in [0.2, 0.25) is 0 Å². The van der Waals surface area contributed by atoms with E-state index in [9.17, 15) is 9.59 Å². The van der Waals surface area contributed by atoms with Gasteiger partial charge in [-0.2, -0.15) is 0 Å². The monoisotopic (exact) mass is 340 g/mol. The van der Waals surface area contributed by atoms with Crippen molar-refractivity contribution >= 4 is 11.9 Å². The molecule has 24 heavy (non-hydrogen) atoms. The highest BCUT2D eigenvalue weighted by Crippen LogP contribution is 2.27. The van der Waals surface area contributed by atoms with Crippen LogP contribution in [0.4, 0.5) is 0 Å². The Bertz CT molecular complexity index is 377. The predicted octanol–water partition coefficient (Wildman–Crippen LogP) is 2.94. The smallest absolute Gasteiger partial charge is 0.310 e. The third kappa shape index (κ3) is 7.20. The van der Waals surface area contributed by atoms with Crippen molar-refractivity contribution in [1.82, 2.24) is 9.80 Å². The maximum absolute atomic E-state index is 12.8. The van der Waals surface area contributed by atoms with Crippen molar-refractivity contribution in [2.45, 2.75) is 59.3 Å². The summed E-state index contributed by atoms with van der Waals surface area (Å²) in [4.78, 5) is 28.7. The van der Waals surface area contributed by atoms with Gasteiger partial charge in [-0.25, -0.2) is 0 Å². The average molecular weight is 341 g/mol. The molecule has 1 fully saturated rings. The van der Waals surface area contributed by atoms with Crippen molar-refractivity contribution in [3.63, 3.8) is 0 Å². The first-order chi connectivity index (χ1) is 11.5. The van der Waals surface area contributed by atoms with Crippen molar-refractivity contribution in [2.75, 3.05) is 39.8 Å². The molecule has 1 atom stereocenters. The van der Waals surface area contributed by atoms with Gasteiger partial charge >= 0.3 is 5.97 Å². The van der Waals surface area contributed by atoms with Crippen LogP contribution in [0.1, 0.15) is 59.3 Å². The lowest BCUT2D eigenvalue weighted by atomic mass is 9.86. The van der Waals surface area contributed by atoms with Crippen molar-refractivity contribution < 1.29 is 14.3 Å². The summed E-state index contributed by atoms with van der Waals surface area (Å²) >= 11 is 0. The van der Waals surface area contributed by atoms with Crippen LogP contribution in [0.3, 0.4) is 0 Å². The summed E-state index contributed by atoms with van der Waals surface area (Å²) in [6, 6.07) is 0. The molecule has 0 aromatic carbocycles. The topological polar surface area (TPSA) is 49.9 Å². The third-order valence-corrected chi connectivity index (χ3v) is 5.22. The SMILES string of the molecule is CCN(CC)CCN(CC(C)C(=O)OC)C(=O)CC1CCCCC1. The molecule has 1 aliphatic rings. The van der Waals surface area contributed by atoms with Crippen LogP contribution in [0.5, 0.6) is 0 Å². The average Bonchev–Trinajstić information content (AvgIpc) is 2.61. The van der Waals surface area contributed by atoms with E-state index in [1.165, 1.54) is 39.2 Å². The molecular formula is C19H36N2O3. The number of methoxy groups -OCH3 is 1. The fourth-order valence-corrected chi connectivity index (χ4v) is 3.49. The van der Waals surface area contributed by atoms with Gasteiger partial charge in [-0.05, 0) is 31.8 Å². The standard InChI is InChI=1S/C19H36N2O3/c1-5-20(6-2)12-13-21(15-16(3)19(23)24-4)18(22)14-17-10-8-7-9-11-17/h16-17H,5-15H2,1-4H3. The minimum Gasteiger partial charge on any atom is -0.469 e. The molecule has 1 saturated carbocycles. The van der Waals surface area contributed by atoms with Gasteiger partial charge in [0.1, 0.15) is 0 Å². The lowest BCUT2D eigenvalue weighted by Gasteiger charge is -2.30. The maximum atomic E-state index is 12.8. The summed E-state index contributed by atoms with van der Waals surface area (Å²) in [6.07, 6.45) is 6.76. The molecule has 5 nitrogen and oxygen atoms in total. The summed E-state index contributed by atoms with van der Waals surface area (Å²) in [5, 5.41) is 0. The second-order valence-corrected chi connectivity index (χ2v) is 7.00. The zero-order valence-corrected chi connectivity index (χ0v) is 16.1. The first kappa shape index (κ1) is 20.9. The molecule has 0 radical (unpaired) electrons. The third-order valence-electron chi connectivity index (χ3n) is 5.22. The number of hydrogen-bond acceptors (Lipinski definition) is 4. The highest BCUT2D eigenvalue weighted by Gasteiger charge is 2.24. The van der Waals surface area contributed by atoms with Crippen molar-refractivity contribution in [2.24, 2.45) is 11.8 Å². The Morgan fingerprint density at radius 2 is 1.71 bits per heavy atom. The Balaban J connectivity index is 2.63. The zero-order valence-electron chi connectivity index (χ0n) is 16.1. The number of carbonyl (C=O) groups excluding carboxylic acids is 2. The van der Waals surface area contributed by atoms with E-state index in [1.807, 2.05) is 11.8 Å². The zero-order chi connectivity index (χ0) is 17.9. The molecule has 5 heteroatoms. The van der Waals surface area contributed by atoms with Gasteiger partial charge in [0.15, 0.2) is 0 Å². The molecular weight excluding hydrogens is 304 g/mol. The molecule has 0 bridgehead atoms. The Labute approximate surface area is 147 Å². The molecule has 0 aromatic heterocycles. The quantitative estimate of drug-likeness (QED) is 0.574. The number of esters is 1. The highest BCUT2D eigenvalue weighted by molar-refractivity contribution is 5.78. The van der Waals surface area contributed by atoms with Crippen LogP contribution in [0.15, 0.2) is 0 Å². The van der Waals surface area contributed by atoms with Gasteiger partial charge < -0.3 is 14.5 Å². The lowest BCUT2D eigenvalue weighted by Crippen LogP contribution is -2.42. The summed E-state index contributed by atoms with van der Waals surface area (Å²) in [7, 11) is 1.41. The van der Waals surface area contributed by atoms with Gasteiger partial charge in [0.05, 0.1) is 13.0 Å². The number of hydrogen-bond donors (Lipinski definition) is 0. The van der Waals surface area contributed by atoms with Gasteiger partial charge in [-0.15, -0.1) is 0 Å². The van der Waals surface area contributed by atoms with E-state index in [2.05, 4.69) is 18.7 Å². The summed E-state index contributed by atoms with van der Waals surface area (Å²) in [5.74, 6) is 0.204. The highest BCUT2D eigenvalue weighted by atomic mass is 16.5. The second-order valence-electron chi connectivity index (χ2n) is 7.00. The van der Waals surface area contributed by atoms with E-state index < -0.39 is 0 Å². The van der Waals surface area contributed by atoms with Gasteiger partial charge in [0.25, 0.3) is 0 Å². The molecule has 1 rings (SSSR count). The minimum absolute atomic E-state index is 0.199. The summed E-state index contributed by atoms with van der Waals surface area (Å²) < 4.78 is 4.82. The normalized spacial score (nSPS) is 16.9. The van der Waals surface area contributed by atoms with E-state index in [0.717, 1.165) is 19.6 Å². The van der Waals surface area contributed by atoms with Crippen LogP contribution >= 0.6 is 0 Å². The van der Waals surface area contributed by atoms with E-state index >= 15 is 0 Å². The maximum Gasteiger partial charge on any atom is 0.310 e. The molecule has 0 spiro atoms. The van der Waals surface area contributed by atoms with Crippen LogP contribution < -0.4 is 0 Å². The largest absolute Gasteiger partial charge is 0.469 e. The van der Waals surface area contributed by atoms with Gasteiger partial charge in [0, 0.05) is 26.1 Å². The molecule has 1 unspecified atom stereocenters. The summed E-state index contributed by atoms with van der Waals surface area (Å²) in [5.41, 5.74) is 0. The number of ether oxygens (including phenoxy) is 1. The second kappa shape index (κ2) is 11.5. The molecule has 0 N–H and O–H groups in total. The van der Waals surface area contributed by atoms with Crippen LogP contribution in [0, 0.1) is 11.8 Å². The van der Waals surface area contributed by atoms with E-state index in [1.54, 1.807) is 0 Å². The van der Waals surface area contributed by atoms with E-state index in [4.69, 9.17) is 4.74 Å². The summed E-state index contributed by atoms with van der Waals surface area (Å²) in [6.45, 7) is 10.1. The molecule has 0 heterocycles. The lowest BCUT2D eigenvalue weighted by molar-refractivity contribution is -0.146. The fourth-order valence-electron chi connectivity index (χ4n) is 3.49. The Morgan fingerprint density at radius 1 is 1.08 bits per heavy atom. The molecule has 1 amide bonds. The number of rotatable bonds is 10. The Hall–Kier alpha value is -1.10. The Morgan fingerprint density at radius 3 is 2.25 bits per heavy atom. The number of carbonyl (C=O) groups is 2. The minimum atomic E-state index is -0.276. The Kier molecular flexibility index (Phi) is 9.99. The van der Waals surface area contributed by atoms with Gasteiger partial charge in [-0.3, -0.25) is 9.59 Å². The van der Waals surface area contributed by atoms with Crippen molar-refractivity contribution in [3.05, 3.63) is 0 Å². The first-order valence-corrected chi connectivity index (χ1v) is 9.59. The van der Waals surface area contributed by atoms with E-state index in [-0.39, 0.29) is 17.8 Å². The predicted molar refractivity (Wildman–Crippen MR) is 96.7 cm³/mol. The molecule has 140 valence electrons. The number of likely N-dealkylation sites (N-methyl/N-ethyl adjacent to an activating group) is 1.